The molecule has 0 spiro atoms. The Morgan fingerprint density at radius 2 is 2.05 bits per heavy atom. The summed E-state index contributed by atoms with van der Waals surface area (Å²) in [5, 5.41) is 0. The predicted molar refractivity (Wildman–Crippen MR) is 75.6 cm³/mol. The molecule has 1 fully saturated rings. The molecule has 19 heavy (non-hydrogen) atoms. The minimum absolute atomic E-state index is 0.0129. The molecule has 0 N–H and O–H groups in total. The topological polar surface area (TPSA) is 29.5 Å². The van der Waals surface area contributed by atoms with E-state index in [9.17, 15) is 4.79 Å². The zero-order valence-corrected chi connectivity index (χ0v) is 12.1. The van der Waals surface area contributed by atoms with E-state index in [2.05, 4.69) is 43.0 Å². The van der Waals surface area contributed by atoms with Crippen LogP contribution < -0.4 is 0 Å². The van der Waals surface area contributed by atoms with Crippen molar-refractivity contribution in [1.82, 2.24) is 4.90 Å². The van der Waals surface area contributed by atoms with Crippen molar-refractivity contribution in [3.05, 3.63) is 35.9 Å². The first-order valence-electron chi connectivity index (χ1n) is 6.96. The number of likely N-dealkylation sites (tertiary alicyclic amines) is 1. The van der Waals surface area contributed by atoms with E-state index in [0.717, 1.165) is 19.6 Å². The van der Waals surface area contributed by atoms with Crippen LogP contribution in [0.15, 0.2) is 30.3 Å². The number of carbonyl (C=O) groups is 1. The van der Waals surface area contributed by atoms with Crippen molar-refractivity contribution in [2.24, 2.45) is 11.3 Å². The van der Waals surface area contributed by atoms with Crippen molar-refractivity contribution in [1.29, 1.82) is 0 Å². The SMILES string of the molecule is CCOC(=O)C1CN(Cc2ccccc2)CC1(C)C. The first-order chi connectivity index (χ1) is 9.03. The smallest absolute Gasteiger partial charge is 0.310 e. The van der Waals surface area contributed by atoms with Gasteiger partial charge in [0.15, 0.2) is 0 Å². The second kappa shape index (κ2) is 5.74. The normalized spacial score (nSPS) is 22.4. The molecule has 1 aliphatic rings. The van der Waals surface area contributed by atoms with E-state index >= 15 is 0 Å². The lowest BCUT2D eigenvalue weighted by atomic mass is 9.82. The van der Waals surface area contributed by atoms with Gasteiger partial charge in [-0.15, -0.1) is 0 Å². The van der Waals surface area contributed by atoms with Crippen molar-refractivity contribution in [3.8, 4) is 0 Å². The number of hydrogen-bond acceptors (Lipinski definition) is 3. The lowest BCUT2D eigenvalue weighted by Crippen LogP contribution is -2.30. The quantitative estimate of drug-likeness (QED) is 0.780. The van der Waals surface area contributed by atoms with Crippen LogP contribution in [-0.2, 0) is 16.1 Å². The van der Waals surface area contributed by atoms with Crippen LogP contribution >= 0.6 is 0 Å². The van der Waals surface area contributed by atoms with Crippen LogP contribution in [0.3, 0.4) is 0 Å². The molecule has 0 radical (unpaired) electrons. The van der Waals surface area contributed by atoms with E-state index in [1.54, 1.807) is 0 Å². The summed E-state index contributed by atoms with van der Waals surface area (Å²) in [5.41, 5.74) is 1.28. The summed E-state index contributed by atoms with van der Waals surface area (Å²) in [6.45, 7) is 9.26. The van der Waals surface area contributed by atoms with Gasteiger partial charge in [0.1, 0.15) is 0 Å². The molecule has 1 aliphatic heterocycles. The van der Waals surface area contributed by atoms with Crippen LogP contribution in [-0.4, -0.2) is 30.6 Å². The lowest BCUT2D eigenvalue weighted by Gasteiger charge is -2.23. The van der Waals surface area contributed by atoms with Gasteiger partial charge in [-0.05, 0) is 17.9 Å². The third-order valence-corrected chi connectivity index (χ3v) is 3.84. The zero-order chi connectivity index (χ0) is 13.9. The van der Waals surface area contributed by atoms with Gasteiger partial charge in [-0.1, -0.05) is 44.2 Å². The zero-order valence-electron chi connectivity index (χ0n) is 12.1. The fourth-order valence-corrected chi connectivity index (χ4v) is 2.85. The average molecular weight is 261 g/mol. The Kier molecular flexibility index (Phi) is 4.25. The maximum Gasteiger partial charge on any atom is 0.310 e. The molecule has 0 saturated carbocycles. The Morgan fingerprint density at radius 3 is 2.68 bits per heavy atom. The fourth-order valence-electron chi connectivity index (χ4n) is 2.85. The second-order valence-corrected chi connectivity index (χ2v) is 5.95. The molecule has 0 bridgehead atoms. The third kappa shape index (κ3) is 3.35. The van der Waals surface area contributed by atoms with Gasteiger partial charge < -0.3 is 4.74 Å². The van der Waals surface area contributed by atoms with E-state index in [1.807, 2.05) is 13.0 Å². The molecular weight excluding hydrogens is 238 g/mol. The summed E-state index contributed by atoms with van der Waals surface area (Å²) >= 11 is 0. The van der Waals surface area contributed by atoms with Crippen molar-refractivity contribution >= 4 is 5.97 Å². The predicted octanol–water partition coefficient (Wildman–Crippen LogP) is 2.71. The van der Waals surface area contributed by atoms with Gasteiger partial charge in [0.2, 0.25) is 0 Å². The fraction of sp³-hybridized carbons (Fsp3) is 0.562. The highest BCUT2D eigenvalue weighted by atomic mass is 16.5. The van der Waals surface area contributed by atoms with Gasteiger partial charge in [0.05, 0.1) is 12.5 Å². The monoisotopic (exact) mass is 261 g/mol. The number of rotatable bonds is 4. The second-order valence-electron chi connectivity index (χ2n) is 5.95. The molecule has 104 valence electrons. The Morgan fingerprint density at radius 1 is 1.37 bits per heavy atom. The molecule has 1 atom stereocenters. The molecular formula is C16H23NO2. The molecule has 3 nitrogen and oxygen atoms in total. The summed E-state index contributed by atoms with van der Waals surface area (Å²) in [5.74, 6) is -0.0702. The maximum atomic E-state index is 12.0. The number of benzene rings is 1. The molecule has 0 aromatic heterocycles. The number of ether oxygens (including phenoxy) is 1. The Labute approximate surface area is 115 Å². The summed E-state index contributed by atoms with van der Waals surface area (Å²) in [7, 11) is 0. The van der Waals surface area contributed by atoms with E-state index in [-0.39, 0.29) is 17.3 Å². The van der Waals surface area contributed by atoms with Gasteiger partial charge in [-0.3, -0.25) is 9.69 Å². The summed E-state index contributed by atoms with van der Waals surface area (Å²) in [6.07, 6.45) is 0. The Hall–Kier alpha value is -1.35. The minimum atomic E-state index is -0.0527. The van der Waals surface area contributed by atoms with E-state index < -0.39 is 0 Å². The molecule has 3 heteroatoms. The van der Waals surface area contributed by atoms with Crippen molar-refractivity contribution < 1.29 is 9.53 Å². The number of carbonyl (C=O) groups excluding carboxylic acids is 1. The van der Waals surface area contributed by atoms with Gasteiger partial charge in [0, 0.05) is 19.6 Å². The number of esters is 1. The summed E-state index contributed by atoms with van der Waals surface area (Å²) in [4.78, 5) is 14.4. The maximum absolute atomic E-state index is 12.0. The third-order valence-electron chi connectivity index (χ3n) is 3.84. The molecule has 1 aromatic carbocycles. The van der Waals surface area contributed by atoms with Crippen LogP contribution in [0, 0.1) is 11.3 Å². The molecule has 1 aromatic rings. The molecule has 2 rings (SSSR count). The number of nitrogens with zero attached hydrogens (tertiary/aromatic N) is 1. The first kappa shape index (κ1) is 14.1. The highest BCUT2D eigenvalue weighted by molar-refractivity contribution is 5.74. The lowest BCUT2D eigenvalue weighted by molar-refractivity contribution is -0.150. The van der Waals surface area contributed by atoms with Crippen LogP contribution in [0.5, 0.6) is 0 Å². The molecule has 1 heterocycles. The number of hydrogen-bond donors (Lipinski definition) is 0. The summed E-state index contributed by atoms with van der Waals surface area (Å²) in [6, 6.07) is 10.4. The standard InChI is InChI=1S/C16H23NO2/c1-4-19-15(18)14-11-17(12-16(14,2)3)10-13-8-6-5-7-9-13/h5-9,14H,4,10-12H2,1-3H3. The molecule has 1 saturated heterocycles. The van der Waals surface area contributed by atoms with Crippen LogP contribution in [0.4, 0.5) is 0 Å². The van der Waals surface area contributed by atoms with E-state index in [0.29, 0.717) is 6.61 Å². The largest absolute Gasteiger partial charge is 0.466 e. The highest BCUT2D eigenvalue weighted by Crippen LogP contribution is 2.36. The van der Waals surface area contributed by atoms with Crippen molar-refractivity contribution in [3.63, 3.8) is 0 Å². The molecule has 0 amide bonds. The molecule has 1 unspecified atom stereocenters. The van der Waals surface area contributed by atoms with Crippen LogP contribution in [0.2, 0.25) is 0 Å². The first-order valence-corrected chi connectivity index (χ1v) is 6.96. The van der Waals surface area contributed by atoms with Gasteiger partial charge in [0.25, 0.3) is 0 Å². The Balaban J connectivity index is 2.01. The van der Waals surface area contributed by atoms with Gasteiger partial charge >= 0.3 is 5.97 Å². The van der Waals surface area contributed by atoms with E-state index in [1.165, 1.54) is 5.56 Å². The van der Waals surface area contributed by atoms with E-state index in [4.69, 9.17) is 4.74 Å². The highest BCUT2D eigenvalue weighted by Gasteiger charge is 2.44. The van der Waals surface area contributed by atoms with Crippen molar-refractivity contribution in [2.45, 2.75) is 27.3 Å². The Bertz CT molecular complexity index is 428. The van der Waals surface area contributed by atoms with Crippen LogP contribution in [0.1, 0.15) is 26.3 Å². The average Bonchev–Trinajstić information content (AvgIpc) is 2.66. The van der Waals surface area contributed by atoms with Crippen molar-refractivity contribution in [2.75, 3.05) is 19.7 Å². The van der Waals surface area contributed by atoms with Gasteiger partial charge in [-0.25, -0.2) is 0 Å². The summed E-state index contributed by atoms with van der Waals surface area (Å²) < 4.78 is 5.19. The van der Waals surface area contributed by atoms with Gasteiger partial charge in [-0.2, -0.15) is 0 Å². The minimum Gasteiger partial charge on any atom is -0.466 e. The van der Waals surface area contributed by atoms with Crippen LogP contribution in [0.25, 0.3) is 0 Å². The molecule has 0 aliphatic carbocycles.